The number of hydrogen-bond acceptors (Lipinski definition) is 4. The van der Waals surface area contributed by atoms with Crippen molar-refractivity contribution in [3.63, 3.8) is 0 Å². The van der Waals surface area contributed by atoms with E-state index in [2.05, 4.69) is 24.1 Å². The molecule has 1 N–H and O–H groups in total. The van der Waals surface area contributed by atoms with Crippen LogP contribution < -0.4 is 0 Å². The van der Waals surface area contributed by atoms with Gasteiger partial charge in [-0.3, -0.25) is 10.1 Å². The fraction of sp³-hybridized carbons (Fsp3) is 0.294. The first-order valence-corrected chi connectivity index (χ1v) is 7.30. The minimum absolute atomic E-state index is 0.107. The fourth-order valence-corrected chi connectivity index (χ4v) is 3.11. The second-order valence-electron chi connectivity index (χ2n) is 5.77. The summed E-state index contributed by atoms with van der Waals surface area (Å²) in [5, 5.41) is 21.0. The van der Waals surface area contributed by atoms with E-state index in [1.807, 2.05) is 18.2 Å². The summed E-state index contributed by atoms with van der Waals surface area (Å²) in [7, 11) is 2.05. The van der Waals surface area contributed by atoms with E-state index in [4.69, 9.17) is 0 Å². The zero-order valence-electron chi connectivity index (χ0n) is 12.4. The van der Waals surface area contributed by atoms with Crippen LogP contribution in [0.5, 0.6) is 5.75 Å². The summed E-state index contributed by atoms with van der Waals surface area (Å²) >= 11 is 0. The van der Waals surface area contributed by atoms with Crippen LogP contribution in [-0.2, 0) is 6.42 Å². The van der Waals surface area contributed by atoms with Crippen molar-refractivity contribution >= 4 is 5.69 Å². The molecule has 1 atom stereocenters. The lowest BCUT2D eigenvalue weighted by Gasteiger charge is -2.22. The largest absolute Gasteiger partial charge is 0.502 e. The van der Waals surface area contributed by atoms with E-state index >= 15 is 0 Å². The van der Waals surface area contributed by atoms with E-state index in [9.17, 15) is 15.2 Å². The molecule has 3 rings (SSSR count). The average Bonchev–Trinajstić information content (AvgIpc) is 2.66. The Bertz CT molecular complexity index is 701. The number of phenols is 1. The Morgan fingerprint density at radius 2 is 2.00 bits per heavy atom. The minimum Gasteiger partial charge on any atom is -0.502 e. The van der Waals surface area contributed by atoms with Gasteiger partial charge in [-0.25, -0.2) is 0 Å². The number of likely N-dealkylation sites (N-methyl/N-ethyl adjacent to an activating group) is 1. The highest BCUT2D eigenvalue weighted by atomic mass is 16.6. The Kier molecular flexibility index (Phi) is 3.81. The van der Waals surface area contributed by atoms with E-state index in [1.54, 1.807) is 6.07 Å². The van der Waals surface area contributed by atoms with Crippen LogP contribution in [0.4, 0.5) is 5.69 Å². The normalized spacial score (nSPS) is 18.5. The molecule has 2 aromatic carbocycles. The number of hydrogen-bond donors (Lipinski definition) is 1. The summed E-state index contributed by atoms with van der Waals surface area (Å²) in [5.74, 6) is -0.148. The zero-order valence-corrected chi connectivity index (χ0v) is 12.4. The Balaban J connectivity index is 2.14. The standard InChI is InChI=1S/C17H18N2O3/c1-18-8-7-13-9-16(19(21)22)17(20)10-14(13)15(11-18)12-5-3-2-4-6-12/h2-6,9-10,15,20H,7-8,11H2,1H3. The SMILES string of the molecule is CN1CCc2cc([N+](=O)[O-])c(O)cc2C(c2ccccc2)C1. The van der Waals surface area contributed by atoms with Crippen LogP contribution >= 0.6 is 0 Å². The van der Waals surface area contributed by atoms with Crippen LogP contribution in [0.2, 0.25) is 0 Å². The third-order valence-corrected chi connectivity index (χ3v) is 4.27. The van der Waals surface area contributed by atoms with Crippen molar-refractivity contribution in [2.24, 2.45) is 0 Å². The second-order valence-corrected chi connectivity index (χ2v) is 5.77. The van der Waals surface area contributed by atoms with Gasteiger partial charge in [0.2, 0.25) is 0 Å². The molecule has 22 heavy (non-hydrogen) atoms. The highest BCUT2D eigenvalue weighted by Crippen LogP contribution is 2.37. The van der Waals surface area contributed by atoms with Gasteiger partial charge in [0.15, 0.2) is 5.75 Å². The Hall–Kier alpha value is -2.40. The molecular weight excluding hydrogens is 280 g/mol. The smallest absolute Gasteiger partial charge is 0.310 e. The minimum atomic E-state index is -0.526. The number of nitro groups is 1. The number of fused-ring (bicyclic) bond motifs is 1. The lowest BCUT2D eigenvalue weighted by Crippen LogP contribution is -2.24. The van der Waals surface area contributed by atoms with Crippen LogP contribution in [0.3, 0.4) is 0 Å². The van der Waals surface area contributed by atoms with Crippen LogP contribution in [0.15, 0.2) is 42.5 Å². The maximum absolute atomic E-state index is 11.0. The van der Waals surface area contributed by atoms with Crippen LogP contribution in [-0.4, -0.2) is 35.1 Å². The van der Waals surface area contributed by atoms with Crippen molar-refractivity contribution in [2.75, 3.05) is 20.1 Å². The van der Waals surface area contributed by atoms with E-state index in [-0.39, 0.29) is 17.4 Å². The zero-order chi connectivity index (χ0) is 15.7. The topological polar surface area (TPSA) is 66.6 Å². The van der Waals surface area contributed by atoms with Gasteiger partial charge in [-0.2, -0.15) is 0 Å². The van der Waals surface area contributed by atoms with Crippen molar-refractivity contribution in [3.05, 3.63) is 69.3 Å². The number of nitro benzene ring substituents is 1. The molecule has 0 saturated carbocycles. The molecular formula is C17H18N2O3. The molecule has 0 saturated heterocycles. The Morgan fingerprint density at radius 1 is 1.27 bits per heavy atom. The first kappa shape index (κ1) is 14.5. The van der Waals surface area contributed by atoms with Crippen molar-refractivity contribution in [1.29, 1.82) is 0 Å². The Labute approximate surface area is 129 Å². The van der Waals surface area contributed by atoms with Gasteiger partial charge in [0.1, 0.15) is 0 Å². The van der Waals surface area contributed by atoms with E-state index in [1.165, 1.54) is 6.07 Å². The van der Waals surface area contributed by atoms with Gasteiger partial charge < -0.3 is 10.0 Å². The maximum Gasteiger partial charge on any atom is 0.310 e. The summed E-state index contributed by atoms with van der Waals surface area (Å²) in [4.78, 5) is 12.7. The monoisotopic (exact) mass is 298 g/mol. The summed E-state index contributed by atoms with van der Waals surface area (Å²) in [6.45, 7) is 1.67. The predicted molar refractivity (Wildman–Crippen MR) is 84.2 cm³/mol. The summed E-state index contributed by atoms with van der Waals surface area (Å²) < 4.78 is 0. The van der Waals surface area contributed by atoms with Gasteiger partial charge in [0.25, 0.3) is 0 Å². The molecule has 1 heterocycles. The first-order chi connectivity index (χ1) is 10.6. The molecule has 0 spiro atoms. The van der Waals surface area contributed by atoms with Crippen LogP contribution in [0.25, 0.3) is 0 Å². The number of phenolic OH excluding ortho intramolecular Hbond substituents is 1. The van der Waals surface area contributed by atoms with Gasteiger partial charge in [0, 0.05) is 25.1 Å². The van der Waals surface area contributed by atoms with Gasteiger partial charge in [-0.1, -0.05) is 30.3 Å². The number of nitrogens with zero attached hydrogens (tertiary/aromatic N) is 2. The number of rotatable bonds is 2. The molecule has 1 aliphatic heterocycles. The fourth-order valence-electron chi connectivity index (χ4n) is 3.11. The highest BCUT2D eigenvalue weighted by molar-refractivity contribution is 5.54. The summed E-state index contributed by atoms with van der Waals surface area (Å²) in [5.41, 5.74) is 2.88. The van der Waals surface area contributed by atoms with Crippen molar-refractivity contribution in [1.82, 2.24) is 4.90 Å². The summed E-state index contributed by atoms with van der Waals surface area (Å²) in [6.07, 6.45) is 0.746. The van der Waals surface area contributed by atoms with E-state index in [0.717, 1.165) is 36.2 Å². The van der Waals surface area contributed by atoms with Crippen LogP contribution in [0, 0.1) is 10.1 Å². The summed E-state index contributed by atoms with van der Waals surface area (Å²) in [6, 6.07) is 13.2. The third kappa shape index (κ3) is 2.67. The lowest BCUT2D eigenvalue weighted by molar-refractivity contribution is -0.385. The molecule has 0 aliphatic carbocycles. The molecule has 1 unspecified atom stereocenters. The molecule has 0 bridgehead atoms. The second kappa shape index (κ2) is 5.77. The molecule has 1 aliphatic rings. The molecule has 5 nitrogen and oxygen atoms in total. The third-order valence-electron chi connectivity index (χ3n) is 4.27. The lowest BCUT2D eigenvalue weighted by atomic mass is 9.87. The van der Waals surface area contributed by atoms with Crippen molar-refractivity contribution in [2.45, 2.75) is 12.3 Å². The average molecular weight is 298 g/mol. The van der Waals surface area contributed by atoms with Crippen molar-refractivity contribution in [3.8, 4) is 5.75 Å². The van der Waals surface area contributed by atoms with E-state index in [0.29, 0.717) is 0 Å². The molecule has 0 aromatic heterocycles. The van der Waals surface area contributed by atoms with Gasteiger partial charge in [-0.05, 0) is 36.2 Å². The molecule has 0 radical (unpaired) electrons. The van der Waals surface area contributed by atoms with E-state index < -0.39 is 4.92 Å². The highest BCUT2D eigenvalue weighted by Gasteiger charge is 2.26. The number of benzene rings is 2. The quantitative estimate of drug-likeness (QED) is 0.684. The first-order valence-electron chi connectivity index (χ1n) is 7.30. The van der Waals surface area contributed by atoms with Gasteiger partial charge in [0.05, 0.1) is 4.92 Å². The molecule has 0 fully saturated rings. The van der Waals surface area contributed by atoms with Gasteiger partial charge >= 0.3 is 5.69 Å². The Morgan fingerprint density at radius 3 is 2.68 bits per heavy atom. The molecule has 5 heteroatoms. The predicted octanol–water partition coefficient (Wildman–Crippen LogP) is 2.92. The van der Waals surface area contributed by atoms with Crippen LogP contribution in [0.1, 0.15) is 22.6 Å². The van der Waals surface area contributed by atoms with Crippen molar-refractivity contribution < 1.29 is 10.0 Å². The molecule has 114 valence electrons. The maximum atomic E-state index is 11.0. The number of aromatic hydroxyl groups is 1. The molecule has 0 amide bonds. The molecule has 2 aromatic rings. The van der Waals surface area contributed by atoms with Gasteiger partial charge in [-0.15, -0.1) is 0 Å².